The molecule has 0 heterocycles. The minimum Gasteiger partial charge on any atom is -0.299 e. The summed E-state index contributed by atoms with van der Waals surface area (Å²) < 4.78 is 0. The Bertz CT molecular complexity index is 241. The first-order valence-electron chi connectivity index (χ1n) is 4.88. The summed E-state index contributed by atoms with van der Waals surface area (Å²) in [6.07, 6.45) is 7.56. The minimum absolute atomic E-state index is 0.00579. The van der Waals surface area contributed by atoms with E-state index in [4.69, 9.17) is 0 Å². The minimum atomic E-state index is -0.00579. The Balaban J connectivity index is 2.23. The van der Waals surface area contributed by atoms with Gasteiger partial charge in [0.2, 0.25) is 0 Å². The van der Waals surface area contributed by atoms with Crippen molar-refractivity contribution in [3.05, 3.63) is 12.2 Å². The molecule has 0 aromatic carbocycles. The molecule has 1 saturated carbocycles. The Kier molecular flexibility index (Phi) is 1.64. The van der Waals surface area contributed by atoms with Crippen molar-refractivity contribution in [2.75, 3.05) is 0 Å². The second kappa shape index (κ2) is 2.45. The molecule has 0 saturated heterocycles. The molecular weight excluding hydrogens is 148 g/mol. The van der Waals surface area contributed by atoms with Gasteiger partial charge in [-0.2, -0.15) is 0 Å². The van der Waals surface area contributed by atoms with Crippen LogP contribution in [0, 0.1) is 17.3 Å². The van der Waals surface area contributed by atoms with Crippen LogP contribution in [0.25, 0.3) is 0 Å². The summed E-state index contributed by atoms with van der Waals surface area (Å²) in [6.45, 7) is 4.12. The topological polar surface area (TPSA) is 17.1 Å². The molecule has 2 bridgehead atoms. The summed E-state index contributed by atoms with van der Waals surface area (Å²) in [4.78, 5) is 11.7. The van der Waals surface area contributed by atoms with Crippen LogP contribution >= 0.6 is 0 Å². The molecule has 2 rings (SSSR count). The summed E-state index contributed by atoms with van der Waals surface area (Å²) >= 11 is 0. The van der Waals surface area contributed by atoms with Crippen LogP contribution in [0.3, 0.4) is 0 Å². The summed E-state index contributed by atoms with van der Waals surface area (Å²) in [5.41, 5.74) is -0.00579. The summed E-state index contributed by atoms with van der Waals surface area (Å²) in [5.74, 6) is 1.71. The van der Waals surface area contributed by atoms with E-state index in [0.717, 1.165) is 6.42 Å². The number of ketones is 1. The summed E-state index contributed by atoms with van der Waals surface area (Å²) in [5, 5.41) is 0. The number of fused-ring (bicyclic) bond motifs is 2. The third-order valence-electron chi connectivity index (χ3n) is 3.63. The fourth-order valence-corrected chi connectivity index (χ4v) is 2.82. The lowest BCUT2D eigenvalue weighted by molar-refractivity contribution is -0.128. The Morgan fingerprint density at radius 1 is 1.58 bits per heavy atom. The molecule has 0 unspecified atom stereocenters. The maximum Gasteiger partial charge on any atom is 0.139 e. The Labute approximate surface area is 73.8 Å². The van der Waals surface area contributed by atoms with E-state index in [1.165, 1.54) is 6.42 Å². The van der Waals surface area contributed by atoms with Crippen molar-refractivity contribution in [3.63, 3.8) is 0 Å². The molecule has 1 nitrogen and oxygen atoms in total. The number of hydrogen-bond donors (Lipinski definition) is 0. The van der Waals surface area contributed by atoms with Gasteiger partial charge in [-0.05, 0) is 24.7 Å². The molecule has 12 heavy (non-hydrogen) atoms. The number of carbonyl (C=O) groups is 1. The zero-order chi connectivity index (χ0) is 8.77. The van der Waals surface area contributed by atoms with E-state index in [1.54, 1.807) is 0 Å². The van der Waals surface area contributed by atoms with Gasteiger partial charge in [0.15, 0.2) is 0 Å². The predicted molar refractivity (Wildman–Crippen MR) is 48.8 cm³/mol. The zero-order valence-electron chi connectivity index (χ0n) is 7.84. The van der Waals surface area contributed by atoms with Crippen molar-refractivity contribution < 1.29 is 4.79 Å². The standard InChI is InChI=1S/C11H16O/c1-3-10(12)11(2)7-8-4-5-9(11)6-8/h4-5,8-9H,3,6-7H2,1-2H3/t8-,9+,11+/m1/s1. The van der Waals surface area contributed by atoms with Crippen LogP contribution in [0.15, 0.2) is 12.2 Å². The quantitative estimate of drug-likeness (QED) is 0.573. The Morgan fingerprint density at radius 2 is 2.33 bits per heavy atom. The largest absolute Gasteiger partial charge is 0.299 e. The first-order valence-corrected chi connectivity index (χ1v) is 4.88. The smallest absolute Gasteiger partial charge is 0.139 e. The molecule has 0 amide bonds. The van der Waals surface area contributed by atoms with Crippen molar-refractivity contribution in [2.45, 2.75) is 33.1 Å². The monoisotopic (exact) mass is 164 g/mol. The summed E-state index contributed by atoms with van der Waals surface area (Å²) in [6, 6.07) is 0. The normalized spacial score (nSPS) is 43.8. The van der Waals surface area contributed by atoms with E-state index < -0.39 is 0 Å². The van der Waals surface area contributed by atoms with Crippen LogP contribution in [-0.4, -0.2) is 5.78 Å². The van der Waals surface area contributed by atoms with Crippen LogP contribution in [0.2, 0.25) is 0 Å². The second-order valence-electron chi connectivity index (χ2n) is 4.39. The average molecular weight is 164 g/mol. The first kappa shape index (κ1) is 8.03. The molecule has 2 aliphatic rings. The highest BCUT2D eigenvalue weighted by Gasteiger charge is 2.48. The van der Waals surface area contributed by atoms with Crippen molar-refractivity contribution in [1.29, 1.82) is 0 Å². The third kappa shape index (κ3) is 0.886. The number of Topliss-reactive ketones (excluding diaryl/α,β-unsaturated/α-hetero) is 1. The SMILES string of the molecule is CCC(=O)[C@@]1(C)C[C@@H]2C=C[C@H]1C2. The number of rotatable bonds is 2. The van der Waals surface area contributed by atoms with Gasteiger partial charge in [-0.1, -0.05) is 26.0 Å². The van der Waals surface area contributed by atoms with Gasteiger partial charge in [0.05, 0.1) is 0 Å². The van der Waals surface area contributed by atoms with E-state index in [0.29, 0.717) is 24.0 Å². The molecule has 1 fully saturated rings. The van der Waals surface area contributed by atoms with Crippen LogP contribution in [0.1, 0.15) is 33.1 Å². The predicted octanol–water partition coefficient (Wildman–Crippen LogP) is 2.57. The van der Waals surface area contributed by atoms with Crippen molar-refractivity contribution >= 4 is 5.78 Å². The Hall–Kier alpha value is -0.590. The van der Waals surface area contributed by atoms with Gasteiger partial charge < -0.3 is 0 Å². The van der Waals surface area contributed by atoms with Gasteiger partial charge in [-0.15, -0.1) is 0 Å². The second-order valence-corrected chi connectivity index (χ2v) is 4.39. The van der Waals surface area contributed by atoms with Crippen LogP contribution < -0.4 is 0 Å². The first-order chi connectivity index (χ1) is 5.66. The van der Waals surface area contributed by atoms with E-state index >= 15 is 0 Å². The maximum atomic E-state index is 11.7. The molecule has 0 spiro atoms. The highest BCUT2D eigenvalue weighted by Crippen LogP contribution is 2.52. The molecule has 0 N–H and O–H groups in total. The van der Waals surface area contributed by atoms with Crippen LogP contribution in [-0.2, 0) is 4.79 Å². The molecule has 3 atom stereocenters. The van der Waals surface area contributed by atoms with Gasteiger partial charge in [-0.3, -0.25) is 4.79 Å². The van der Waals surface area contributed by atoms with Crippen molar-refractivity contribution in [1.82, 2.24) is 0 Å². The highest BCUT2D eigenvalue weighted by atomic mass is 16.1. The van der Waals surface area contributed by atoms with Gasteiger partial charge in [0.1, 0.15) is 5.78 Å². The van der Waals surface area contributed by atoms with Crippen LogP contribution in [0.4, 0.5) is 0 Å². The zero-order valence-corrected chi connectivity index (χ0v) is 7.84. The van der Waals surface area contributed by atoms with E-state index in [2.05, 4.69) is 19.1 Å². The lowest BCUT2D eigenvalue weighted by Crippen LogP contribution is -2.31. The molecule has 66 valence electrons. The van der Waals surface area contributed by atoms with Crippen LogP contribution in [0.5, 0.6) is 0 Å². The maximum absolute atomic E-state index is 11.7. The Morgan fingerprint density at radius 3 is 2.75 bits per heavy atom. The van der Waals surface area contributed by atoms with Crippen molar-refractivity contribution in [2.24, 2.45) is 17.3 Å². The number of carbonyl (C=O) groups excluding carboxylic acids is 1. The molecule has 0 aliphatic heterocycles. The van der Waals surface area contributed by atoms with Gasteiger partial charge in [0.25, 0.3) is 0 Å². The fourth-order valence-electron chi connectivity index (χ4n) is 2.82. The fraction of sp³-hybridized carbons (Fsp3) is 0.727. The third-order valence-corrected chi connectivity index (χ3v) is 3.63. The molecule has 0 aromatic heterocycles. The molecular formula is C11H16O. The lowest BCUT2D eigenvalue weighted by Gasteiger charge is -2.29. The average Bonchev–Trinajstić information content (AvgIpc) is 2.62. The molecule has 0 radical (unpaired) electrons. The number of hydrogen-bond acceptors (Lipinski definition) is 1. The summed E-state index contributed by atoms with van der Waals surface area (Å²) in [7, 11) is 0. The lowest BCUT2D eigenvalue weighted by atomic mass is 9.73. The van der Waals surface area contributed by atoms with E-state index in [-0.39, 0.29) is 5.41 Å². The van der Waals surface area contributed by atoms with E-state index in [1.807, 2.05) is 6.92 Å². The number of allylic oxidation sites excluding steroid dienone is 2. The highest BCUT2D eigenvalue weighted by molar-refractivity contribution is 5.85. The van der Waals surface area contributed by atoms with Crippen molar-refractivity contribution in [3.8, 4) is 0 Å². The van der Waals surface area contributed by atoms with Gasteiger partial charge >= 0.3 is 0 Å². The molecule has 0 aromatic rings. The molecule has 2 aliphatic carbocycles. The van der Waals surface area contributed by atoms with E-state index in [9.17, 15) is 4.79 Å². The van der Waals surface area contributed by atoms with Gasteiger partial charge in [-0.25, -0.2) is 0 Å². The van der Waals surface area contributed by atoms with Gasteiger partial charge in [0, 0.05) is 11.8 Å². The molecule has 1 heteroatoms.